The van der Waals surface area contributed by atoms with Crippen molar-refractivity contribution in [2.75, 3.05) is 17.3 Å². The van der Waals surface area contributed by atoms with Gasteiger partial charge in [-0.25, -0.2) is 0 Å². The van der Waals surface area contributed by atoms with Gasteiger partial charge in [0, 0.05) is 38.9 Å². The van der Waals surface area contributed by atoms with E-state index in [1.54, 1.807) is 17.6 Å². The van der Waals surface area contributed by atoms with Crippen molar-refractivity contribution < 1.29 is 8.42 Å². The van der Waals surface area contributed by atoms with Crippen LogP contribution in [0, 0.1) is 0 Å². The lowest BCUT2D eigenvalue weighted by Crippen LogP contribution is -1.98. The lowest BCUT2D eigenvalue weighted by atomic mass is 10.4. The first-order valence-corrected chi connectivity index (χ1v) is 7.57. The molecule has 0 spiro atoms. The summed E-state index contributed by atoms with van der Waals surface area (Å²) in [6.07, 6.45) is 5.41. The summed E-state index contributed by atoms with van der Waals surface area (Å²) in [4.78, 5) is 0. The van der Waals surface area contributed by atoms with Crippen LogP contribution in [0.5, 0.6) is 0 Å². The average molecular weight is 234 g/mol. The predicted molar refractivity (Wildman–Crippen MR) is 65.1 cm³/mol. The van der Waals surface area contributed by atoms with Gasteiger partial charge in [0.15, 0.2) is 0 Å². The van der Waals surface area contributed by atoms with Crippen molar-refractivity contribution in [3.05, 3.63) is 24.1 Å². The Labute approximate surface area is 91.4 Å². The first kappa shape index (κ1) is 13.8. The molecule has 0 aromatic rings. The van der Waals surface area contributed by atoms with Gasteiger partial charge in [0.1, 0.15) is 0 Å². The summed E-state index contributed by atoms with van der Waals surface area (Å²) in [6, 6.07) is 0. The van der Waals surface area contributed by atoms with E-state index in [0.29, 0.717) is 17.3 Å². The number of hydrogen-bond acceptors (Lipinski definition) is 2. The molecular weight excluding hydrogens is 216 g/mol. The molecule has 4 heteroatoms. The van der Waals surface area contributed by atoms with Crippen LogP contribution < -0.4 is 0 Å². The minimum Gasteiger partial charge on any atom is -0.259 e. The van der Waals surface area contributed by atoms with Gasteiger partial charge in [-0.05, 0) is 11.8 Å². The number of unbranched alkanes of at least 4 members (excludes halogenated alkanes) is 1. The SMILES string of the molecule is C=CCS(=O)C/C=C/S(=O)CCCC. The zero-order valence-electron chi connectivity index (χ0n) is 8.61. The van der Waals surface area contributed by atoms with Crippen LogP contribution in [0.4, 0.5) is 0 Å². The van der Waals surface area contributed by atoms with E-state index in [9.17, 15) is 8.42 Å². The molecule has 82 valence electrons. The second-order valence-electron chi connectivity index (χ2n) is 2.87. The molecule has 14 heavy (non-hydrogen) atoms. The Kier molecular flexibility index (Phi) is 9.19. The first-order chi connectivity index (χ1) is 6.70. The van der Waals surface area contributed by atoms with Crippen LogP contribution in [0.25, 0.3) is 0 Å². The molecule has 0 N–H and O–H groups in total. The maximum absolute atomic E-state index is 11.2. The van der Waals surface area contributed by atoms with Gasteiger partial charge in [-0.15, -0.1) is 6.58 Å². The van der Waals surface area contributed by atoms with E-state index in [2.05, 4.69) is 13.5 Å². The molecule has 0 rings (SSSR count). The summed E-state index contributed by atoms with van der Waals surface area (Å²) < 4.78 is 22.4. The highest BCUT2D eigenvalue weighted by Gasteiger charge is 1.94. The lowest BCUT2D eigenvalue weighted by Gasteiger charge is -1.94. The normalized spacial score (nSPS) is 15.5. The maximum Gasteiger partial charge on any atom is 0.0453 e. The lowest BCUT2D eigenvalue weighted by molar-refractivity contribution is 0.685. The molecule has 0 aromatic carbocycles. The molecule has 0 aliphatic carbocycles. The molecule has 0 fully saturated rings. The van der Waals surface area contributed by atoms with E-state index >= 15 is 0 Å². The van der Waals surface area contributed by atoms with E-state index in [1.165, 1.54) is 0 Å². The van der Waals surface area contributed by atoms with Crippen LogP contribution in [-0.2, 0) is 21.6 Å². The smallest absolute Gasteiger partial charge is 0.0453 e. The van der Waals surface area contributed by atoms with Gasteiger partial charge in [-0.1, -0.05) is 25.5 Å². The molecule has 0 aliphatic rings. The molecule has 0 aromatic heterocycles. The fraction of sp³-hybridized carbons (Fsp3) is 0.600. The van der Waals surface area contributed by atoms with Crippen LogP contribution in [0.15, 0.2) is 24.1 Å². The van der Waals surface area contributed by atoms with Crippen molar-refractivity contribution in [2.45, 2.75) is 19.8 Å². The predicted octanol–water partition coefficient (Wildman–Crippen LogP) is 1.98. The Balaban J connectivity index is 3.65. The van der Waals surface area contributed by atoms with Crippen molar-refractivity contribution in [1.82, 2.24) is 0 Å². The van der Waals surface area contributed by atoms with Crippen LogP contribution in [0.3, 0.4) is 0 Å². The van der Waals surface area contributed by atoms with Crippen molar-refractivity contribution >= 4 is 21.6 Å². The molecule has 0 radical (unpaired) electrons. The first-order valence-electron chi connectivity index (χ1n) is 4.70. The van der Waals surface area contributed by atoms with E-state index in [-0.39, 0.29) is 0 Å². The zero-order chi connectivity index (χ0) is 10.8. The Morgan fingerprint density at radius 3 is 2.57 bits per heavy atom. The van der Waals surface area contributed by atoms with Crippen molar-refractivity contribution in [3.8, 4) is 0 Å². The molecule has 0 saturated heterocycles. The van der Waals surface area contributed by atoms with Crippen molar-refractivity contribution in [1.29, 1.82) is 0 Å². The van der Waals surface area contributed by atoms with Crippen LogP contribution in [0.1, 0.15) is 19.8 Å². The Bertz CT molecular complexity index is 234. The molecule has 0 aliphatic heterocycles. The summed E-state index contributed by atoms with van der Waals surface area (Å²) in [5.41, 5.74) is 0. The third-order valence-corrected chi connectivity index (χ3v) is 3.89. The standard InChI is InChI=1S/C10H18O2S2/c1-3-5-8-14(12)10-6-9-13(11)7-4-2/h4,6,10H,2-3,5,7-9H2,1H3/b10-6+. The van der Waals surface area contributed by atoms with Crippen LogP contribution >= 0.6 is 0 Å². The van der Waals surface area contributed by atoms with Gasteiger partial charge in [0.2, 0.25) is 0 Å². The topological polar surface area (TPSA) is 34.1 Å². The van der Waals surface area contributed by atoms with Gasteiger partial charge < -0.3 is 0 Å². The zero-order valence-corrected chi connectivity index (χ0v) is 10.2. The summed E-state index contributed by atoms with van der Waals surface area (Å²) in [7, 11) is -1.76. The summed E-state index contributed by atoms with van der Waals surface area (Å²) in [5.74, 6) is 1.69. The van der Waals surface area contributed by atoms with Gasteiger partial charge in [0.25, 0.3) is 0 Å². The second-order valence-corrected chi connectivity index (χ2v) is 5.86. The molecule has 0 bridgehead atoms. The van der Waals surface area contributed by atoms with E-state index in [0.717, 1.165) is 12.8 Å². The largest absolute Gasteiger partial charge is 0.259 e. The fourth-order valence-corrected chi connectivity index (χ4v) is 2.66. The number of hydrogen-bond donors (Lipinski definition) is 0. The molecule has 0 amide bonds. The highest BCUT2D eigenvalue weighted by Crippen LogP contribution is 1.94. The third-order valence-electron chi connectivity index (χ3n) is 1.53. The molecule has 0 saturated carbocycles. The van der Waals surface area contributed by atoms with Gasteiger partial charge in [0.05, 0.1) is 0 Å². The summed E-state index contributed by atoms with van der Waals surface area (Å²) in [6.45, 7) is 5.58. The molecule has 0 heterocycles. The highest BCUT2D eigenvalue weighted by molar-refractivity contribution is 7.88. The highest BCUT2D eigenvalue weighted by atomic mass is 32.2. The van der Waals surface area contributed by atoms with Crippen LogP contribution in [-0.4, -0.2) is 25.7 Å². The third kappa shape index (κ3) is 8.38. The minimum atomic E-state index is -0.881. The monoisotopic (exact) mass is 234 g/mol. The molecule has 2 nitrogen and oxygen atoms in total. The fourth-order valence-electron chi connectivity index (χ4n) is 0.808. The van der Waals surface area contributed by atoms with Crippen molar-refractivity contribution in [3.63, 3.8) is 0 Å². The van der Waals surface area contributed by atoms with E-state index in [4.69, 9.17) is 0 Å². The second kappa shape index (κ2) is 9.34. The summed E-state index contributed by atoms with van der Waals surface area (Å²) in [5, 5.41) is 1.65. The van der Waals surface area contributed by atoms with Crippen LogP contribution in [0.2, 0.25) is 0 Å². The maximum atomic E-state index is 11.2. The minimum absolute atomic E-state index is 0.476. The van der Waals surface area contributed by atoms with Gasteiger partial charge in [-0.3, -0.25) is 8.42 Å². The molecular formula is C10H18O2S2. The summed E-state index contributed by atoms with van der Waals surface area (Å²) >= 11 is 0. The Hall–Kier alpha value is -0.220. The van der Waals surface area contributed by atoms with Gasteiger partial charge >= 0.3 is 0 Å². The van der Waals surface area contributed by atoms with E-state index in [1.807, 2.05) is 0 Å². The molecule has 2 unspecified atom stereocenters. The molecule has 2 atom stereocenters. The van der Waals surface area contributed by atoms with E-state index < -0.39 is 21.6 Å². The van der Waals surface area contributed by atoms with Crippen molar-refractivity contribution in [2.24, 2.45) is 0 Å². The van der Waals surface area contributed by atoms with Gasteiger partial charge in [-0.2, -0.15) is 0 Å². The quantitative estimate of drug-likeness (QED) is 0.602. The average Bonchev–Trinajstić information content (AvgIpc) is 2.15. The Morgan fingerprint density at radius 2 is 2.00 bits per heavy atom. The Morgan fingerprint density at radius 1 is 1.29 bits per heavy atom. The number of rotatable bonds is 8.